The molecule has 4 nitrogen and oxygen atoms in total. The molecule has 0 saturated heterocycles. The van der Waals surface area contributed by atoms with Crippen LogP contribution in [0.15, 0.2) is 0 Å². The quantitative estimate of drug-likeness (QED) is 0.698. The molecule has 2 heterocycles. The Balaban J connectivity index is 2.15. The number of hydrogen-bond acceptors (Lipinski definition) is 2. The summed E-state index contributed by atoms with van der Waals surface area (Å²) < 4.78 is 0. The largest absolute Gasteiger partial charge is 0.344 e. The number of fused-ring (bicyclic) bond motifs is 1. The maximum Gasteiger partial charge on any atom is 0.222 e. The SMILES string of the molecule is CCC(=O)N1Cc2nc(C)[nH]c2C1. The summed E-state index contributed by atoms with van der Waals surface area (Å²) in [6, 6.07) is 0. The number of imidazole rings is 1. The minimum Gasteiger partial charge on any atom is -0.344 e. The number of amides is 1. The lowest BCUT2D eigenvalue weighted by atomic mass is 10.4. The molecule has 1 aliphatic heterocycles. The number of aromatic nitrogens is 2. The predicted molar refractivity (Wildman–Crippen MR) is 47.9 cm³/mol. The molecule has 0 saturated carbocycles. The highest BCUT2D eigenvalue weighted by molar-refractivity contribution is 5.76. The van der Waals surface area contributed by atoms with Gasteiger partial charge in [0.1, 0.15) is 5.82 Å². The Labute approximate surface area is 77.0 Å². The summed E-state index contributed by atoms with van der Waals surface area (Å²) >= 11 is 0. The first-order valence-electron chi connectivity index (χ1n) is 4.53. The Hall–Kier alpha value is -1.32. The maximum absolute atomic E-state index is 11.3. The van der Waals surface area contributed by atoms with Crippen molar-refractivity contribution < 1.29 is 4.79 Å². The number of aromatic amines is 1. The predicted octanol–water partition coefficient (Wildman–Crippen LogP) is 0.970. The lowest BCUT2D eigenvalue weighted by Gasteiger charge is -2.13. The number of nitrogens with one attached hydrogen (secondary N) is 1. The van der Waals surface area contributed by atoms with Crippen LogP contribution in [0.5, 0.6) is 0 Å². The molecule has 0 bridgehead atoms. The summed E-state index contributed by atoms with van der Waals surface area (Å²) in [5, 5.41) is 0. The third-order valence-electron chi connectivity index (χ3n) is 2.33. The van der Waals surface area contributed by atoms with Crippen LogP contribution >= 0.6 is 0 Å². The summed E-state index contributed by atoms with van der Waals surface area (Å²) in [7, 11) is 0. The van der Waals surface area contributed by atoms with Gasteiger partial charge < -0.3 is 9.88 Å². The molecule has 0 atom stereocenters. The van der Waals surface area contributed by atoms with Gasteiger partial charge in [0.2, 0.25) is 5.91 Å². The van der Waals surface area contributed by atoms with Gasteiger partial charge in [-0.25, -0.2) is 4.98 Å². The molecule has 13 heavy (non-hydrogen) atoms. The average molecular weight is 179 g/mol. The number of rotatable bonds is 1. The van der Waals surface area contributed by atoms with Crippen LogP contribution in [0, 0.1) is 6.92 Å². The second-order valence-corrected chi connectivity index (χ2v) is 3.35. The molecular formula is C9H13N3O. The van der Waals surface area contributed by atoms with Crippen molar-refractivity contribution in [1.82, 2.24) is 14.9 Å². The van der Waals surface area contributed by atoms with Gasteiger partial charge in [0, 0.05) is 6.42 Å². The van der Waals surface area contributed by atoms with Gasteiger partial charge in [0.05, 0.1) is 24.5 Å². The molecule has 0 radical (unpaired) electrons. The minimum atomic E-state index is 0.198. The molecule has 1 amide bonds. The Morgan fingerprint density at radius 3 is 3.00 bits per heavy atom. The van der Waals surface area contributed by atoms with Crippen molar-refractivity contribution in [2.45, 2.75) is 33.4 Å². The molecule has 0 unspecified atom stereocenters. The standard InChI is InChI=1S/C9H13N3O/c1-3-9(13)12-4-7-8(5-12)11-6(2)10-7/h3-5H2,1-2H3,(H,10,11). The molecule has 2 rings (SSSR count). The van der Waals surface area contributed by atoms with E-state index in [-0.39, 0.29) is 5.91 Å². The van der Waals surface area contributed by atoms with E-state index in [0.717, 1.165) is 17.2 Å². The topological polar surface area (TPSA) is 49.0 Å². The van der Waals surface area contributed by atoms with Crippen LogP contribution < -0.4 is 0 Å². The normalized spacial score (nSPS) is 14.8. The number of H-pyrrole nitrogens is 1. The summed E-state index contributed by atoms with van der Waals surface area (Å²) in [4.78, 5) is 20.6. The van der Waals surface area contributed by atoms with Gasteiger partial charge in [0.15, 0.2) is 0 Å². The zero-order valence-corrected chi connectivity index (χ0v) is 7.92. The van der Waals surface area contributed by atoms with Crippen molar-refractivity contribution in [3.8, 4) is 0 Å². The fraction of sp³-hybridized carbons (Fsp3) is 0.556. The summed E-state index contributed by atoms with van der Waals surface area (Å²) in [6.07, 6.45) is 0.573. The third kappa shape index (κ3) is 1.32. The van der Waals surface area contributed by atoms with Crippen molar-refractivity contribution in [3.05, 3.63) is 17.2 Å². The second-order valence-electron chi connectivity index (χ2n) is 3.35. The fourth-order valence-electron chi connectivity index (χ4n) is 1.68. The summed E-state index contributed by atoms with van der Waals surface area (Å²) in [6.45, 7) is 5.19. The number of hydrogen-bond donors (Lipinski definition) is 1. The maximum atomic E-state index is 11.3. The van der Waals surface area contributed by atoms with E-state index >= 15 is 0 Å². The number of nitrogens with zero attached hydrogens (tertiary/aromatic N) is 2. The second kappa shape index (κ2) is 2.87. The van der Waals surface area contributed by atoms with E-state index in [0.29, 0.717) is 19.5 Å². The van der Waals surface area contributed by atoms with Gasteiger partial charge in [-0.05, 0) is 6.92 Å². The molecule has 1 aromatic heterocycles. The molecule has 0 spiro atoms. The summed E-state index contributed by atoms with van der Waals surface area (Å²) in [5.41, 5.74) is 2.12. The molecule has 1 N–H and O–H groups in total. The number of carbonyl (C=O) groups excluding carboxylic acids is 1. The Kier molecular flexibility index (Phi) is 1.83. The molecule has 4 heteroatoms. The zero-order valence-electron chi connectivity index (χ0n) is 7.92. The van der Waals surface area contributed by atoms with E-state index < -0.39 is 0 Å². The van der Waals surface area contributed by atoms with E-state index in [1.807, 2.05) is 18.7 Å². The van der Waals surface area contributed by atoms with E-state index in [1.54, 1.807) is 0 Å². The Morgan fingerprint density at radius 2 is 2.38 bits per heavy atom. The first-order valence-corrected chi connectivity index (χ1v) is 4.53. The van der Waals surface area contributed by atoms with Gasteiger partial charge in [0.25, 0.3) is 0 Å². The molecular weight excluding hydrogens is 166 g/mol. The first-order chi connectivity index (χ1) is 6.20. The van der Waals surface area contributed by atoms with Crippen LogP contribution in [-0.2, 0) is 17.9 Å². The van der Waals surface area contributed by atoms with Gasteiger partial charge in [-0.2, -0.15) is 0 Å². The number of aryl methyl sites for hydroxylation is 1. The molecule has 0 aromatic carbocycles. The summed E-state index contributed by atoms with van der Waals surface area (Å²) in [5.74, 6) is 1.14. The van der Waals surface area contributed by atoms with Crippen LogP contribution in [0.3, 0.4) is 0 Å². The lowest BCUT2D eigenvalue weighted by Crippen LogP contribution is -2.24. The van der Waals surface area contributed by atoms with Crippen LogP contribution in [0.25, 0.3) is 0 Å². The van der Waals surface area contributed by atoms with Crippen molar-refractivity contribution in [2.75, 3.05) is 0 Å². The van der Waals surface area contributed by atoms with Gasteiger partial charge in [-0.3, -0.25) is 4.79 Å². The lowest BCUT2D eigenvalue weighted by molar-refractivity contribution is -0.131. The van der Waals surface area contributed by atoms with Gasteiger partial charge >= 0.3 is 0 Å². The molecule has 1 aromatic rings. The van der Waals surface area contributed by atoms with Crippen molar-refractivity contribution in [1.29, 1.82) is 0 Å². The van der Waals surface area contributed by atoms with Crippen LogP contribution in [0.2, 0.25) is 0 Å². The zero-order chi connectivity index (χ0) is 9.42. The molecule has 0 aliphatic carbocycles. The highest BCUT2D eigenvalue weighted by Crippen LogP contribution is 2.20. The molecule has 0 fully saturated rings. The Morgan fingerprint density at radius 1 is 1.62 bits per heavy atom. The average Bonchev–Trinajstić information content (AvgIpc) is 2.59. The van der Waals surface area contributed by atoms with Crippen LogP contribution in [-0.4, -0.2) is 20.8 Å². The molecule has 1 aliphatic rings. The van der Waals surface area contributed by atoms with E-state index in [9.17, 15) is 4.79 Å². The first kappa shape index (κ1) is 8.29. The Bertz CT molecular complexity index is 319. The van der Waals surface area contributed by atoms with Gasteiger partial charge in [-0.15, -0.1) is 0 Å². The van der Waals surface area contributed by atoms with Crippen LogP contribution in [0.1, 0.15) is 30.6 Å². The molecule has 70 valence electrons. The van der Waals surface area contributed by atoms with Crippen molar-refractivity contribution in [3.63, 3.8) is 0 Å². The monoisotopic (exact) mass is 179 g/mol. The third-order valence-corrected chi connectivity index (χ3v) is 2.33. The van der Waals surface area contributed by atoms with E-state index in [1.165, 1.54) is 0 Å². The minimum absolute atomic E-state index is 0.198. The smallest absolute Gasteiger partial charge is 0.222 e. The van der Waals surface area contributed by atoms with Crippen molar-refractivity contribution in [2.24, 2.45) is 0 Å². The fourth-order valence-corrected chi connectivity index (χ4v) is 1.68. The van der Waals surface area contributed by atoms with Crippen molar-refractivity contribution >= 4 is 5.91 Å². The van der Waals surface area contributed by atoms with Crippen LogP contribution in [0.4, 0.5) is 0 Å². The number of carbonyl (C=O) groups is 1. The highest BCUT2D eigenvalue weighted by atomic mass is 16.2. The van der Waals surface area contributed by atoms with Gasteiger partial charge in [-0.1, -0.05) is 6.92 Å². The van der Waals surface area contributed by atoms with E-state index in [2.05, 4.69) is 9.97 Å². The van der Waals surface area contributed by atoms with E-state index in [4.69, 9.17) is 0 Å². The highest BCUT2D eigenvalue weighted by Gasteiger charge is 2.24.